The van der Waals surface area contributed by atoms with Crippen molar-refractivity contribution in [2.75, 3.05) is 0 Å². The van der Waals surface area contributed by atoms with E-state index in [0.717, 1.165) is 29.8 Å². The molecule has 0 amide bonds. The highest BCUT2D eigenvalue weighted by atomic mass is 19.1. The summed E-state index contributed by atoms with van der Waals surface area (Å²) >= 11 is 0. The van der Waals surface area contributed by atoms with Crippen LogP contribution < -0.4 is 0 Å². The lowest BCUT2D eigenvalue weighted by molar-refractivity contribution is -0.121. The molecule has 1 aromatic carbocycles. The van der Waals surface area contributed by atoms with Crippen molar-refractivity contribution in [3.8, 4) is 17.3 Å². The molecule has 3 atom stereocenters. The maximum Gasteiger partial charge on any atom is 0.176 e. The van der Waals surface area contributed by atoms with Crippen LogP contribution in [0.5, 0.6) is 0 Å². The van der Waals surface area contributed by atoms with Crippen molar-refractivity contribution in [2.24, 2.45) is 18.9 Å². The third-order valence-electron chi connectivity index (χ3n) is 6.11. The van der Waals surface area contributed by atoms with Crippen molar-refractivity contribution in [1.82, 2.24) is 9.78 Å². The first-order chi connectivity index (χ1) is 12.4. The second-order valence-electron chi connectivity index (χ2n) is 7.53. The first kappa shape index (κ1) is 16.7. The zero-order chi connectivity index (χ0) is 18.6. The molecule has 2 aliphatic carbocycles. The Morgan fingerprint density at radius 1 is 1.38 bits per heavy atom. The molecule has 2 aliphatic rings. The molecule has 0 N–H and O–H groups in total. The van der Waals surface area contributed by atoms with E-state index in [2.05, 4.69) is 6.07 Å². The second kappa shape index (κ2) is 5.63. The Labute approximate surface area is 151 Å². The summed E-state index contributed by atoms with van der Waals surface area (Å²) in [7, 11) is 1.82. The van der Waals surface area contributed by atoms with Crippen molar-refractivity contribution in [3.05, 3.63) is 53.0 Å². The fraction of sp³-hybridized carbons (Fsp3) is 0.381. The highest BCUT2D eigenvalue weighted by Crippen LogP contribution is 2.51. The summed E-state index contributed by atoms with van der Waals surface area (Å²) < 4.78 is 16.2. The highest BCUT2D eigenvalue weighted by Gasteiger charge is 2.50. The standard InChI is InChI=1S/C21H20FN3O/c1-12-16-9-8-15-18(14-6-4-5-7-17(14)22)25(3)24-20(15)21(16,2)10-13(11-23)19(12)26/h4-7,10,12,16H,8-9H2,1-3H3/t12-,16-,21-/m0/s1. The van der Waals surface area contributed by atoms with Gasteiger partial charge >= 0.3 is 0 Å². The number of benzene rings is 1. The minimum Gasteiger partial charge on any atom is -0.293 e. The first-order valence-electron chi connectivity index (χ1n) is 8.87. The lowest BCUT2D eigenvalue weighted by Crippen LogP contribution is -2.45. The molecule has 0 unspecified atom stereocenters. The Kier molecular flexibility index (Phi) is 3.62. The molecule has 0 spiro atoms. The van der Waals surface area contributed by atoms with Crippen LogP contribution >= 0.6 is 0 Å². The number of hydrogen-bond acceptors (Lipinski definition) is 3. The van der Waals surface area contributed by atoms with Crippen LogP contribution in [0.25, 0.3) is 11.3 Å². The van der Waals surface area contributed by atoms with Crippen LogP contribution in [0.1, 0.15) is 31.5 Å². The molecule has 0 radical (unpaired) electrons. The van der Waals surface area contributed by atoms with Crippen molar-refractivity contribution in [2.45, 2.75) is 32.1 Å². The Balaban J connectivity index is 1.96. The number of allylic oxidation sites excluding steroid dienone is 2. The van der Waals surface area contributed by atoms with Crippen LogP contribution in [0.4, 0.5) is 4.39 Å². The Hall–Kier alpha value is -2.74. The summed E-state index contributed by atoms with van der Waals surface area (Å²) in [5.74, 6) is -0.468. The van der Waals surface area contributed by atoms with Gasteiger partial charge in [-0.1, -0.05) is 32.1 Å². The van der Waals surface area contributed by atoms with Gasteiger partial charge in [0.25, 0.3) is 0 Å². The molecular formula is C21H20FN3O. The minimum atomic E-state index is -0.493. The van der Waals surface area contributed by atoms with E-state index in [9.17, 15) is 14.4 Å². The highest BCUT2D eigenvalue weighted by molar-refractivity contribution is 6.02. The quantitative estimate of drug-likeness (QED) is 0.788. The number of nitrogens with zero attached hydrogens (tertiary/aromatic N) is 3. The first-order valence-corrected chi connectivity index (χ1v) is 8.87. The van der Waals surface area contributed by atoms with Crippen molar-refractivity contribution in [3.63, 3.8) is 0 Å². The summed E-state index contributed by atoms with van der Waals surface area (Å²) in [6.07, 6.45) is 3.36. The van der Waals surface area contributed by atoms with Crippen LogP contribution in [0.2, 0.25) is 0 Å². The maximum atomic E-state index is 14.4. The zero-order valence-corrected chi connectivity index (χ0v) is 15.1. The number of halogens is 1. The number of hydrogen-bond donors (Lipinski definition) is 0. The molecular weight excluding hydrogens is 329 g/mol. The number of Topliss-reactive ketones (excluding diaryl/α,β-unsaturated/α-hetero) is 1. The molecule has 5 heteroatoms. The van der Waals surface area contributed by atoms with E-state index in [1.54, 1.807) is 22.9 Å². The Morgan fingerprint density at radius 2 is 2.12 bits per heavy atom. The summed E-state index contributed by atoms with van der Waals surface area (Å²) in [6, 6.07) is 8.77. The fourth-order valence-corrected chi connectivity index (χ4v) is 4.83. The largest absolute Gasteiger partial charge is 0.293 e. The Bertz CT molecular complexity index is 997. The van der Waals surface area contributed by atoms with Crippen LogP contribution in [0.3, 0.4) is 0 Å². The topological polar surface area (TPSA) is 58.7 Å². The van der Waals surface area contributed by atoms with Crippen molar-refractivity contribution in [1.29, 1.82) is 5.26 Å². The molecule has 4 rings (SSSR count). The molecule has 1 aromatic heterocycles. The number of nitriles is 1. The van der Waals surface area contributed by atoms with E-state index in [1.807, 2.05) is 27.0 Å². The van der Waals surface area contributed by atoms with Gasteiger partial charge < -0.3 is 0 Å². The van der Waals surface area contributed by atoms with E-state index in [4.69, 9.17) is 5.10 Å². The van der Waals surface area contributed by atoms with Gasteiger partial charge in [0.05, 0.1) is 17.0 Å². The van der Waals surface area contributed by atoms with Gasteiger partial charge in [-0.2, -0.15) is 10.4 Å². The fourth-order valence-electron chi connectivity index (χ4n) is 4.83. The number of carbonyl (C=O) groups is 1. The molecule has 0 saturated carbocycles. The molecule has 0 aliphatic heterocycles. The normalized spacial score (nSPS) is 27.3. The minimum absolute atomic E-state index is 0.0799. The molecule has 26 heavy (non-hydrogen) atoms. The number of carbonyl (C=O) groups excluding carboxylic acids is 1. The van der Waals surface area contributed by atoms with Gasteiger partial charge in [0.15, 0.2) is 5.78 Å². The number of ketones is 1. The van der Waals surface area contributed by atoms with Crippen LogP contribution in [0, 0.1) is 29.0 Å². The molecule has 0 saturated heterocycles. The van der Waals surface area contributed by atoms with Gasteiger partial charge in [-0.25, -0.2) is 4.39 Å². The molecule has 0 bridgehead atoms. The lowest BCUT2D eigenvalue weighted by Gasteiger charge is -2.44. The number of fused-ring (bicyclic) bond motifs is 3. The van der Waals surface area contributed by atoms with E-state index in [1.165, 1.54) is 6.07 Å². The Morgan fingerprint density at radius 3 is 2.81 bits per heavy atom. The van der Waals surface area contributed by atoms with E-state index in [0.29, 0.717) is 5.56 Å². The number of rotatable bonds is 1. The second-order valence-corrected chi connectivity index (χ2v) is 7.53. The number of aromatic nitrogens is 2. The molecule has 4 nitrogen and oxygen atoms in total. The van der Waals surface area contributed by atoms with Gasteiger partial charge in [-0.05, 0) is 30.9 Å². The summed E-state index contributed by atoms with van der Waals surface area (Å²) in [6.45, 7) is 3.95. The predicted molar refractivity (Wildman–Crippen MR) is 95.6 cm³/mol. The van der Waals surface area contributed by atoms with Gasteiger partial charge in [0.1, 0.15) is 11.9 Å². The van der Waals surface area contributed by atoms with Crippen molar-refractivity contribution >= 4 is 5.78 Å². The third-order valence-corrected chi connectivity index (χ3v) is 6.11. The van der Waals surface area contributed by atoms with Crippen molar-refractivity contribution < 1.29 is 9.18 Å². The number of aryl methyl sites for hydroxylation is 1. The summed E-state index contributed by atoms with van der Waals surface area (Å²) in [4.78, 5) is 12.4. The molecule has 2 aromatic rings. The molecule has 1 heterocycles. The molecule has 0 fully saturated rings. The average Bonchev–Trinajstić information content (AvgIpc) is 2.96. The third kappa shape index (κ3) is 2.11. The van der Waals surface area contributed by atoms with E-state index >= 15 is 0 Å². The molecule has 132 valence electrons. The van der Waals surface area contributed by atoms with Crippen LogP contribution in [-0.2, 0) is 23.7 Å². The van der Waals surface area contributed by atoms with E-state index < -0.39 is 5.41 Å². The van der Waals surface area contributed by atoms with Gasteiger partial charge in [-0.15, -0.1) is 0 Å². The summed E-state index contributed by atoms with van der Waals surface area (Å²) in [5.41, 5.74) is 2.92. The monoisotopic (exact) mass is 349 g/mol. The van der Waals surface area contributed by atoms with Crippen LogP contribution in [-0.4, -0.2) is 15.6 Å². The van der Waals surface area contributed by atoms with E-state index in [-0.39, 0.29) is 29.0 Å². The smallest absolute Gasteiger partial charge is 0.176 e. The maximum absolute atomic E-state index is 14.4. The van der Waals surface area contributed by atoms with Gasteiger partial charge in [0, 0.05) is 29.5 Å². The zero-order valence-electron chi connectivity index (χ0n) is 15.1. The van der Waals surface area contributed by atoms with Crippen LogP contribution in [0.15, 0.2) is 35.9 Å². The van der Waals surface area contributed by atoms with Gasteiger partial charge in [0.2, 0.25) is 0 Å². The predicted octanol–water partition coefficient (Wildman–Crippen LogP) is 3.72. The average molecular weight is 349 g/mol. The SMILES string of the molecule is C[C@@H]1C(=O)C(C#N)=C[C@]2(C)c3nn(C)c(-c4ccccc4F)c3CC[C@@H]12. The summed E-state index contributed by atoms with van der Waals surface area (Å²) in [5, 5.41) is 14.1. The van der Waals surface area contributed by atoms with Gasteiger partial charge in [-0.3, -0.25) is 9.48 Å². The lowest BCUT2D eigenvalue weighted by atomic mass is 9.58.